The zero-order valence-electron chi connectivity index (χ0n) is 14.3. The first kappa shape index (κ1) is 18.3. The van der Waals surface area contributed by atoms with Gasteiger partial charge in [-0.15, -0.1) is 0 Å². The van der Waals surface area contributed by atoms with Crippen molar-refractivity contribution in [1.29, 1.82) is 0 Å². The Labute approximate surface area is 148 Å². The second-order valence-electron chi connectivity index (χ2n) is 5.72. The van der Waals surface area contributed by atoms with E-state index in [9.17, 15) is 4.79 Å². The van der Waals surface area contributed by atoms with Crippen LogP contribution < -0.4 is 10.1 Å². The summed E-state index contributed by atoms with van der Waals surface area (Å²) < 4.78 is 5.14. The summed E-state index contributed by atoms with van der Waals surface area (Å²) >= 11 is 6.18. The second kappa shape index (κ2) is 8.71. The molecular formula is C19H23ClN2O2. The molecule has 2 aromatic rings. The van der Waals surface area contributed by atoms with E-state index in [1.54, 1.807) is 19.1 Å². The molecule has 0 fully saturated rings. The average Bonchev–Trinajstić information content (AvgIpc) is 2.60. The van der Waals surface area contributed by atoms with E-state index < -0.39 is 0 Å². The first-order valence-electron chi connectivity index (χ1n) is 7.86. The standard InChI is InChI=1S/C19H23ClN2O2/c1-14(17-6-4-5-7-18(17)20)21-12-19(23)22(2)13-15-8-10-16(24-3)11-9-15/h4-11,14,21H,12-13H2,1-3H3. The minimum atomic E-state index is 0.0111. The van der Waals surface area contributed by atoms with Gasteiger partial charge in [-0.25, -0.2) is 0 Å². The third kappa shape index (κ3) is 4.98. The number of ether oxygens (including phenoxy) is 1. The van der Waals surface area contributed by atoms with Crippen molar-refractivity contribution in [2.75, 3.05) is 20.7 Å². The summed E-state index contributed by atoms with van der Waals surface area (Å²) in [6.45, 7) is 2.82. The van der Waals surface area contributed by atoms with E-state index in [0.717, 1.165) is 16.9 Å². The molecule has 24 heavy (non-hydrogen) atoms. The van der Waals surface area contributed by atoms with Crippen molar-refractivity contribution >= 4 is 17.5 Å². The number of carbonyl (C=O) groups is 1. The lowest BCUT2D eigenvalue weighted by Gasteiger charge is -2.20. The monoisotopic (exact) mass is 346 g/mol. The molecule has 2 aromatic carbocycles. The summed E-state index contributed by atoms with van der Waals surface area (Å²) in [5, 5.41) is 3.93. The number of nitrogens with zero attached hydrogens (tertiary/aromatic N) is 1. The molecule has 1 amide bonds. The number of benzene rings is 2. The lowest BCUT2D eigenvalue weighted by Crippen LogP contribution is -2.36. The Balaban J connectivity index is 1.86. The quantitative estimate of drug-likeness (QED) is 0.832. The first-order chi connectivity index (χ1) is 11.5. The third-order valence-corrected chi connectivity index (χ3v) is 4.28. The Morgan fingerprint density at radius 3 is 2.50 bits per heavy atom. The summed E-state index contributed by atoms with van der Waals surface area (Å²) in [6, 6.07) is 15.4. The zero-order valence-corrected chi connectivity index (χ0v) is 15.0. The van der Waals surface area contributed by atoms with Crippen LogP contribution in [0.4, 0.5) is 0 Å². The molecule has 1 unspecified atom stereocenters. The van der Waals surface area contributed by atoms with Gasteiger partial charge in [0.05, 0.1) is 13.7 Å². The van der Waals surface area contributed by atoms with Gasteiger partial charge in [0.25, 0.3) is 0 Å². The maximum atomic E-state index is 12.3. The van der Waals surface area contributed by atoms with Gasteiger partial charge >= 0.3 is 0 Å². The highest BCUT2D eigenvalue weighted by Crippen LogP contribution is 2.21. The Morgan fingerprint density at radius 2 is 1.88 bits per heavy atom. The maximum absolute atomic E-state index is 12.3. The number of hydrogen-bond donors (Lipinski definition) is 1. The highest BCUT2D eigenvalue weighted by molar-refractivity contribution is 6.31. The number of rotatable bonds is 7. The smallest absolute Gasteiger partial charge is 0.236 e. The minimum Gasteiger partial charge on any atom is -0.497 e. The molecule has 0 aliphatic heterocycles. The molecule has 0 saturated carbocycles. The number of likely N-dealkylation sites (N-methyl/N-ethyl adjacent to an activating group) is 1. The van der Waals surface area contributed by atoms with E-state index in [1.165, 1.54) is 0 Å². The highest BCUT2D eigenvalue weighted by atomic mass is 35.5. The van der Waals surface area contributed by atoms with Crippen LogP contribution in [0.25, 0.3) is 0 Å². The molecule has 0 aliphatic rings. The van der Waals surface area contributed by atoms with Crippen LogP contribution in [0.2, 0.25) is 5.02 Å². The number of nitrogens with one attached hydrogen (secondary N) is 1. The predicted octanol–water partition coefficient (Wildman–Crippen LogP) is 3.66. The Bertz CT molecular complexity index is 673. The SMILES string of the molecule is COc1ccc(CN(C)C(=O)CNC(C)c2ccccc2Cl)cc1. The minimum absolute atomic E-state index is 0.0111. The fourth-order valence-corrected chi connectivity index (χ4v) is 2.70. The Hall–Kier alpha value is -2.04. The molecule has 128 valence electrons. The van der Waals surface area contributed by atoms with Gasteiger partial charge in [-0.2, -0.15) is 0 Å². The number of carbonyl (C=O) groups excluding carboxylic acids is 1. The van der Waals surface area contributed by atoms with Crippen molar-refractivity contribution in [2.24, 2.45) is 0 Å². The largest absolute Gasteiger partial charge is 0.497 e. The van der Waals surface area contributed by atoms with Gasteiger partial charge in [0.2, 0.25) is 5.91 Å². The second-order valence-corrected chi connectivity index (χ2v) is 6.13. The predicted molar refractivity (Wildman–Crippen MR) is 97.3 cm³/mol. The summed E-state index contributed by atoms with van der Waals surface area (Å²) in [5.74, 6) is 0.840. The van der Waals surface area contributed by atoms with Crippen LogP contribution in [0.15, 0.2) is 48.5 Å². The van der Waals surface area contributed by atoms with E-state index in [1.807, 2.05) is 55.5 Å². The van der Waals surface area contributed by atoms with Crippen LogP contribution in [0.1, 0.15) is 24.1 Å². The molecule has 2 rings (SSSR count). The van der Waals surface area contributed by atoms with Crippen molar-refractivity contribution in [3.05, 3.63) is 64.7 Å². The van der Waals surface area contributed by atoms with Crippen LogP contribution in [-0.4, -0.2) is 31.5 Å². The van der Waals surface area contributed by atoms with Crippen molar-refractivity contribution in [1.82, 2.24) is 10.2 Å². The van der Waals surface area contributed by atoms with Crippen molar-refractivity contribution in [2.45, 2.75) is 19.5 Å². The van der Waals surface area contributed by atoms with Crippen molar-refractivity contribution in [3.63, 3.8) is 0 Å². The van der Waals surface area contributed by atoms with Gasteiger partial charge in [-0.1, -0.05) is 41.9 Å². The molecule has 4 nitrogen and oxygen atoms in total. The molecule has 0 bridgehead atoms. The number of hydrogen-bond acceptors (Lipinski definition) is 3. The normalized spacial score (nSPS) is 11.8. The van der Waals surface area contributed by atoms with E-state index in [-0.39, 0.29) is 18.5 Å². The van der Waals surface area contributed by atoms with Crippen LogP contribution in [-0.2, 0) is 11.3 Å². The van der Waals surface area contributed by atoms with Crippen molar-refractivity contribution in [3.8, 4) is 5.75 Å². The molecule has 0 heterocycles. The molecule has 0 spiro atoms. The van der Waals surface area contributed by atoms with Crippen LogP contribution in [0.3, 0.4) is 0 Å². The maximum Gasteiger partial charge on any atom is 0.236 e. The van der Waals surface area contributed by atoms with Crippen LogP contribution >= 0.6 is 11.6 Å². The number of methoxy groups -OCH3 is 1. The number of amides is 1. The molecule has 0 aliphatic carbocycles. The molecule has 1 N–H and O–H groups in total. The van der Waals surface area contributed by atoms with Crippen molar-refractivity contribution < 1.29 is 9.53 Å². The molecular weight excluding hydrogens is 324 g/mol. The molecule has 0 radical (unpaired) electrons. The fourth-order valence-electron chi connectivity index (χ4n) is 2.40. The molecule has 5 heteroatoms. The van der Waals surface area contributed by atoms with Gasteiger partial charge in [-0.3, -0.25) is 4.79 Å². The summed E-state index contributed by atoms with van der Waals surface area (Å²) in [4.78, 5) is 14.0. The lowest BCUT2D eigenvalue weighted by molar-refractivity contribution is -0.129. The average molecular weight is 347 g/mol. The Kier molecular flexibility index (Phi) is 6.64. The van der Waals surface area contributed by atoms with Gasteiger partial charge in [0.15, 0.2) is 0 Å². The van der Waals surface area contributed by atoms with Gasteiger partial charge < -0.3 is 15.0 Å². The van der Waals surface area contributed by atoms with Crippen LogP contribution in [0.5, 0.6) is 5.75 Å². The summed E-state index contributed by atoms with van der Waals surface area (Å²) in [5.41, 5.74) is 2.05. The molecule has 0 aromatic heterocycles. The van der Waals surface area contributed by atoms with Gasteiger partial charge in [0, 0.05) is 24.7 Å². The van der Waals surface area contributed by atoms with Gasteiger partial charge in [-0.05, 0) is 36.2 Å². The van der Waals surface area contributed by atoms with Crippen LogP contribution in [0, 0.1) is 0 Å². The lowest BCUT2D eigenvalue weighted by atomic mass is 10.1. The topological polar surface area (TPSA) is 41.6 Å². The van der Waals surface area contributed by atoms with E-state index in [4.69, 9.17) is 16.3 Å². The van der Waals surface area contributed by atoms with Gasteiger partial charge in [0.1, 0.15) is 5.75 Å². The van der Waals surface area contributed by atoms with E-state index >= 15 is 0 Å². The Morgan fingerprint density at radius 1 is 1.21 bits per heavy atom. The summed E-state index contributed by atoms with van der Waals surface area (Å²) in [7, 11) is 3.44. The van der Waals surface area contributed by atoms with E-state index in [0.29, 0.717) is 11.6 Å². The molecule has 0 saturated heterocycles. The zero-order chi connectivity index (χ0) is 17.5. The van der Waals surface area contributed by atoms with E-state index in [2.05, 4.69) is 5.32 Å². The fraction of sp³-hybridized carbons (Fsp3) is 0.316. The first-order valence-corrected chi connectivity index (χ1v) is 8.23. The highest BCUT2D eigenvalue weighted by Gasteiger charge is 2.13. The molecule has 1 atom stereocenters. The summed E-state index contributed by atoms with van der Waals surface area (Å²) in [6.07, 6.45) is 0. The third-order valence-electron chi connectivity index (χ3n) is 3.94. The number of halogens is 1.